The summed E-state index contributed by atoms with van der Waals surface area (Å²) in [4.78, 5) is 5.01. The molecule has 0 radical (unpaired) electrons. The van der Waals surface area contributed by atoms with E-state index in [1.807, 2.05) is 0 Å². The minimum Gasteiger partial charge on any atom is -0.309 e. The van der Waals surface area contributed by atoms with Crippen LogP contribution in [0.3, 0.4) is 0 Å². The molecule has 0 aliphatic carbocycles. The largest absolute Gasteiger partial charge is 0.309 e. The summed E-state index contributed by atoms with van der Waals surface area (Å²) < 4.78 is 0. The molecule has 0 heterocycles. The quantitative estimate of drug-likeness (QED) is 0.113. The first kappa shape index (κ1) is 44.5. The molecule has 0 amide bonds. The standard InChI is InChI=1S/C70H56N2/c1-47(2)53-23-17-29-59(45-53)71(65-33-13-11-31-61(65)57-27-15-25-55(43-57)49-19-7-5-8-20-49)67-41-37-51-36-40-64-68(42-38-52-35-39-63(67)69(51)70(52)64)72(60-30-18-24-54(46-60)48(3)4)66-34-14-12-32-62(66)58-28-16-26-56(44-58)50-21-9-6-10-22-50/h5-48H,1-4H3. The highest BCUT2D eigenvalue weighted by molar-refractivity contribution is 6.28. The van der Waals surface area contributed by atoms with Crippen LogP contribution in [0.15, 0.2) is 255 Å². The minimum absolute atomic E-state index is 0.367. The van der Waals surface area contributed by atoms with Crippen LogP contribution >= 0.6 is 0 Å². The summed E-state index contributed by atoms with van der Waals surface area (Å²) in [6, 6.07) is 94.2. The summed E-state index contributed by atoms with van der Waals surface area (Å²) in [5, 5.41) is 7.37. The third kappa shape index (κ3) is 8.15. The Balaban J connectivity index is 1.08. The SMILES string of the molecule is CC(C)c1cccc(N(c2ccccc2-c2cccc(-c3ccccc3)c2)c2ccc3ccc4c(N(c5cccc(C(C)C)c5)c5ccccc5-c5cccc(-c6ccccc6)c5)ccc5ccc2c3c54)c1. The highest BCUT2D eigenvalue weighted by atomic mass is 15.2. The number of rotatable bonds is 12. The van der Waals surface area contributed by atoms with Crippen LogP contribution in [0, 0.1) is 0 Å². The van der Waals surface area contributed by atoms with Crippen molar-refractivity contribution in [2.45, 2.75) is 39.5 Å². The Morgan fingerprint density at radius 1 is 0.264 bits per heavy atom. The maximum absolute atomic E-state index is 2.51. The molecule has 0 aliphatic rings. The lowest BCUT2D eigenvalue weighted by Gasteiger charge is -2.31. The van der Waals surface area contributed by atoms with Gasteiger partial charge in [0, 0.05) is 33.3 Å². The summed E-state index contributed by atoms with van der Waals surface area (Å²) in [6.45, 7) is 9.12. The van der Waals surface area contributed by atoms with Gasteiger partial charge in [0.2, 0.25) is 0 Å². The fraction of sp³-hybridized carbons (Fsp3) is 0.0857. The van der Waals surface area contributed by atoms with Crippen molar-refractivity contribution in [2.24, 2.45) is 0 Å². The topological polar surface area (TPSA) is 6.48 Å². The van der Waals surface area contributed by atoms with Crippen LogP contribution in [-0.4, -0.2) is 0 Å². The number of nitrogens with zero attached hydrogens (tertiary/aromatic N) is 2. The van der Waals surface area contributed by atoms with E-state index in [1.54, 1.807) is 0 Å². The number of hydrogen-bond acceptors (Lipinski definition) is 2. The molecule has 0 aliphatic heterocycles. The molecule has 2 heteroatoms. The molecule has 12 aromatic rings. The summed E-state index contributed by atoms with van der Waals surface area (Å²) in [5.74, 6) is 0.734. The van der Waals surface area contributed by atoms with E-state index in [0.29, 0.717) is 11.8 Å². The van der Waals surface area contributed by atoms with E-state index in [9.17, 15) is 0 Å². The van der Waals surface area contributed by atoms with Crippen LogP contribution in [0.2, 0.25) is 0 Å². The van der Waals surface area contributed by atoms with E-state index in [2.05, 4.69) is 292 Å². The molecule has 0 N–H and O–H groups in total. The van der Waals surface area contributed by atoms with E-state index in [-0.39, 0.29) is 0 Å². The molecule has 0 unspecified atom stereocenters. The van der Waals surface area contributed by atoms with E-state index in [4.69, 9.17) is 0 Å². The Morgan fingerprint density at radius 2 is 0.625 bits per heavy atom. The third-order valence-electron chi connectivity index (χ3n) is 14.5. The van der Waals surface area contributed by atoms with Crippen molar-refractivity contribution < 1.29 is 0 Å². The predicted octanol–water partition coefficient (Wildman–Crippen LogP) is 20.4. The van der Waals surface area contributed by atoms with Crippen molar-refractivity contribution in [3.05, 3.63) is 266 Å². The second-order valence-corrected chi connectivity index (χ2v) is 19.7. The highest BCUT2D eigenvalue weighted by Crippen LogP contribution is 2.50. The zero-order valence-electron chi connectivity index (χ0n) is 41.3. The van der Waals surface area contributed by atoms with E-state index in [0.717, 1.165) is 34.1 Å². The lowest BCUT2D eigenvalue weighted by atomic mass is 9.91. The predicted molar refractivity (Wildman–Crippen MR) is 309 cm³/mol. The average Bonchev–Trinajstić information content (AvgIpc) is 3.44. The fourth-order valence-corrected chi connectivity index (χ4v) is 10.8. The molecule has 12 aromatic carbocycles. The highest BCUT2D eigenvalue weighted by Gasteiger charge is 2.25. The lowest BCUT2D eigenvalue weighted by Crippen LogP contribution is -2.13. The molecule has 0 saturated carbocycles. The summed E-state index contributed by atoms with van der Waals surface area (Å²) in [6.07, 6.45) is 0. The van der Waals surface area contributed by atoms with Crippen molar-refractivity contribution in [3.63, 3.8) is 0 Å². The third-order valence-corrected chi connectivity index (χ3v) is 14.5. The zero-order valence-corrected chi connectivity index (χ0v) is 41.3. The second kappa shape index (κ2) is 18.9. The average molecular weight is 925 g/mol. The van der Waals surface area contributed by atoms with Crippen LogP contribution in [-0.2, 0) is 0 Å². The number of anilines is 6. The van der Waals surface area contributed by atoms with Crippen LogP contribution in [0.4, 0.5) is 34.1 Å². The molecule has 12 rings (SSSR count). The van der Waals surface area contributed by atoms with Crippen LogP contribution in [0.1, 0.15) is 50.7 Å². The van der Waals surface area contributed by atoms with Crippen molar-refractivity contribution in [3.8, 4) is 44.5 Å². The summed E-state index contributed by atoms with van der Waals surface area (Å²) >= 11 is 0. The Hall–Kier alpha value is -8.72. The van der Waals surface area contributed by atoms with Crippen LogP contribution in [0.5, 0.6) is 0 Å². The fourth-order valence-electron chi connectivity index (χ4n) is 10.8. The van der Waals surface area contributed by atoms with Crippen molar-refractivity contribution in [1.82, 2.24) is 0 Å². The van der Waals surface area contributed by atoms with Gasteiger partial charge in [0.1, 0.15) is 0 Å². The van der Waals surface area contributed by atoms with Crippen LogP contribution < -0.4 is 9.80 Å². The molecule has 0 aromatic heterocycles. The molecular formula is C70H56N2. The van der Waals surface area contributed by atoms with Crippen molar-refractivity contribution in [1.29, 1.82) is 0 Å². The molecule has 346 valence electrons. The summed E-state index contributed by atoms with van der Waals surface area (Å²) in [7, 11) is 0. The first-order valence-corrected chi connectivity index (χ1v) is 25.4. The number of para-hydroxylation sites is 2. The van der Waals surface area contributed by atoms with Gasteiger partial charge in [-0.3, -0.25) is 0 Å². The van der Waals surface area contributed by atoms with E-state index in [1.165, 1.54) is 88.0 Å². The van der Waals surface area contributed by atoms with Gasteiger partial charge in [-0.2, -0.15) is 0 Å². The Morgan fingerprint density at radius 3 is 1.06 bits per heavy atom. The molecule has 0 fully saturated rings. The molecule has 2 nitrogen and oxygen atoms in total. The number of hydrogen-bond donors (Lipinski definition) is 0. The van der Waals surface area contributed by atoms with Gasteiger partial charge < -0.3 is 9.80 Å². The maximum atomic E-state index is 2.51. The van der Waals surface area contributed by atoms with Gasteiger partial charge in [0.15, 0.2) is 0 Å². The zero-order chi connectivity index (χ0) is 48.7. The molecule has 0 atom stereocenters. The van der Waals surface area contributed by atoms with Gasteiger partial charge in [0.05, 0.1) is 22.7 Å². The van der Waals surface area contributed by atoms with Gasteiger partial charge in [-0.05, 0) is 139 Å². The molecule has 0 bridgehead atoms. The number of benzene rings is 12. The minimum atomic E-state index is 0.367. The molecular weight excluding hydrogens is 869 g/mol. The summed E-state index contributed by atoms with van der Waals surface area (Å²) in [5.41, 5.74) is 18.9. The second-order valence-electron chi connectivity index (χ2n) is 19.7. The van der Waals surface area contributed by atoms with Gasteiger partial charge in [-0.15, -0.1) is 0 Å². The van der Waals surface area contributed by atoms with Crippen molar-refractivity contribution >= 4 is 66.4 Å². The van der Waals surface area contributed by atoms with Crippen molar-refractivity contribution in [2.75, 3.05) is 9.80 Å². The van der Waals surface area contributed by atoms with Gasteiger partial charge in [-0.25, -0.2) is 0 Å². The first-order valence-electron chi connectivity index (χ1n) is 25.4. The molecule has 72 heavy (non-hydrogen) atoms. The lowest BCUT2D eigenvalue weighted by molar-refractivity contribution is 0.866. The molecule has 0 spiro atoms. The first-order chi connectivity index (χ1) is 35.4. The molecule has 0 saturated heterocycles. The normalized spacial score (nSPS) is 11.6. The Kier molecular flexibility index (Phi) is 11.7. The Labute approximate surface area is 424 Å². The maximum Gasteiger partial charge on any atom is 0.0540 e. The van der Waals surface area contributed by atoms with E-state index >= 15 is 0 Å². The Bertz CT molecular complexity index is 3630. The van der Waals surface area contributed by atoms with Gasteiger partial charge in [0.25, 0.3) is 0 Å². The van der Waals surface area contributed by atoms with Gasteiger partial charge >= 0.3 is 0 Å². The van der Waals surface area contributed by atoms with Crippen LogP contribution in [0.25, 0.3) is 76.8 Å². The monoisotopic (exact) mass is 924 g/mol. The smallest absolute Gasteiger partial charge is 0.0540 e. The van der Waals surface area contributed by atoms with E-state index < -0.39 is 0 Å². The van der Waals surface area contributed by atoms with Gasteiger partial charge in [-0.1, -0.05) is 222 Å².